The number of rotatable bonds is 4. The van der Waals surface area contributed by atoms with Gasteiger partial charge in [-0.2, -0.15) is 0 Å². The maximum atomic E-state index is 5.42. The molecule has 0 spiro atoms. The minimum absolute atomic E-state index is 0.0677. The van der Waals surface area contributed by atoms with Crippen molar-refractivity contribution in [1.82, 2.24) is 0 Å². The molecule has 0 unspecified atom stereocenters. The molecular weight excluding hydrogens is 412 g/mol. The normalized spacial score (nSPS) is 13.9. The van der Waals surface area contributed by atoms with Crippen molar-refractivity contribution < 1.29 is 18.9 Å². The van der Waals surface area contributed by atoms with E-state index < -0.39 is 0 Å². The van der Waals surface area contributed by atoms with Gasteiger partial charge in [-0.1, -0.05) is 41.5 Å². The zero-order valence-electron chi connectivity index (χ0n) is 25.6. The molecule has 0 atom stereocenters. The minimum Gasteiger partial charge on any atom is -0.496 e. The Hall–Kier alpha value is -1.00. The van der Waals surface area contributed by atoms with E-state index in [1.165, 1.54) is 0 Å². The molecule has 0 aromatic heterocycles. The largest absolute Gasteiger partial charge is 0.496 e. The van der Waals surface area contributed by atoms with E-state index in [0.717, 1.165) is 0 Å². The third kappa shape index (κ3) is 49.3. The molecule has 0 heterocycles. The van der Waals surface area contributed by atoms with Gasteiger partial charge in [-0.3, -0.25) is 0 Å². The molecule has 0 aromatic carbocycles. The van der Waals surface area contributed by atoms with E-state index in [0.29, 0.717) is 6.79 Å². The fourth-order valence-electron chi connectivity index (χ4n) is 1.27. The van der Waals surface area contributed by atoms with E-state index in [1.807, 2.05) is 83.1 Å². The van der Waals surface area contributed by atoms with Crippen LogP contribution < -0.4 is 0 Å². The summed E-state index contributed by atoms with van der Waals surface area (Å²) in [6, 6.07) is 0. The highest BCUT2D eigenvalue weighted by molar-refractivity contribution is 4.89. The highest BCUT2D eigenvalue weighted by Crippen LogP contribution is 2.17. The molecule has 0 amide bonds. The highest BCUT2D eigenvalue weighted by atomic mass is 16.7. The quantitative estimate of drug-likeness (QED) is 0.302. The lowest BCUT2D eigenvalue weighted by Crippen LogP contribution is -2.26. The third-order valence-corrected chi connectivity index (χ3v) is 2.96. The Morgan fingerprint density at radius 2 is 0.636 bits per heavy atom. The summed E-state index contributed by atoms with van der Waals surface area (Å²) in [5.74, 6) is 0. The first-order valence-corrected chi connectivity index (χ1v) is 12.1. The Labute approximate surface area is 208 Å². The van der Waals surface area contributed by atoms with E-state index in [1.54, 1.807) is 12.5 Å². The van der Waals surface area contributed by atoms with Gasteiger partial charge in [0.05, 0.1) is 34.9 Å². The van der Waals surface area contributed by atoms with Crippen molar-refractivity contribution in [2.75, 3.05) is 6.79 Å². The fourth-order valence-corrected chi connectivity index (χ4v) is 1.27. The lowest BCUT2D eigenvalue weighted by molar-refractivity contribution is -0.163. The van der Waals surface area contributed by atoms with Crippen molar-refractivity contribution >= 4 is 0 Å². The van der Waals surface area contributed by atoms with E-state index >= 15 is 0 Å². The topological polar surface area (TPSA) is 36.9 Å². The van der Waals surface area contributed by atoms with Gasteiger partial charge < -0.3 is 18.9 Å². The second-order valence-corrected chi connectivity index (χ2v) is 14.4. The molecule has 0 saturated carbocycles. The zero-order valence-corrected chi connectivity index (χ0v) is 25.6. The predicted molar refractivity (Wildman–Crippen MR) is 145 cm³/mol. The number of ether oxygens (including phenoxy) is 4. The first-order valence-electron chi connectivity index (χ1n) is 12.1. The van der Waals surface area contributed by atoms with Gasteiger partial charge in [-0.15, -0.1) is 0 Å². The first kappa shape index (κ1) is 36.6. The summed E-state index contributed by atoms with van der Waals surface area (Å²) < 4.78 is 21.6. The van der Waals surface area contributed by atoms with Crippen LogP contribution in [0.25, 0.3) is 0 Å². The van der Waals surface area contributed by atoms with E-state index in [9.17, 15) is 0 Å². The molecule has 0 radical (unpaired) electrons. The smallest absolute Gasteiger partial charge is 0.148 e. The van der Waals surface area contributed by atoms with Crippen molar-refractivity contribution in [3.63, 3.8) is 0 Å². The molecular formula is C29H60O4. The van der Waals surface area contributed by atoms with Crippen LogP contribution in [0.1, 0.15) is 125 Å². The first-order chi connectivity index (χ1) is 14.1. The van der Waals surface area contributed by atoms with Gasteiger partial charge >= 0.3 is 0 Å². The molecule has 4 nitrogen and oxygen atoms in total. The summed E-state index contributed by atoms with van der Waals surface area (Å²) in [7, 11) is 0. The maximum Gasteiger partial charge on any atom is 0.148 e. The molecule has 0 aromatic rings. The summed E-state index contributed by atoms with van der Waals surface area (Å²) in [6.45, 7) is 37.6. The van der Waals surface area contributed by atoms with Crippen LogP contribution in [-0.2, 0) is 18.9 Å². The average Bonchev–Trinajstić information content (AvgIpc) is 2.39. The number of hydrogen-bond acceptors (Lipinski definition) is 4. The van der Waals surface area contributed by atoms with Gasteiger partial charge in [-0.05, 0) is 106 Å². The molecule has 4 heteroatoms. The molecule has 0 aliphatic heterocycles. The second-order valence-electron chi connectivity index (χ2n) is 14.4. The summed E-state index contributed by atoms with van der Waals surface area (Å²) in [5, 5.41) is 0. The van der Waals surface area contributed by atoms with Gasteiger partial charge in [0.2, 0.25) is 0 Å². The van der Waals surface area contributed by atoms with Crippen LogP contribution >= 0.6 is 0 Å². The molecule has 0 bridgehead atoms. The Balaban J connectivity index is -0.000000409. The van der Waals surface area contributed by atoms with Crippen molar-refractivity contribution in [1.29, 1.82) is 0 Å². The highest BCUT2D eigenvalue weighted by Gasteiger charge is 2.14. The molecule has 0 rings (SSSR count). The van der Waals surface area contributed by atoms with Crippen LogP contribution in [0.5, 0.6) is 0 Å². The summed E-state index contributed by atoms with van der Waals surface area (Å²) >= 11 is 0. The molecule has 0 aliphatic carbocycles. The van der Waals surface area contributed by atoms with Crippen molar-refractivity contribution in [2.24, 2.45) is 10.8 Å². The van der Waals surface area contributed by atoms with Gasteiger partial charge in [0, 0.05) is 0 Å². The van der Waals surface area contributed by atoms with Crippen LogP contribution in [0.4, 0.5) is 0 Å². The van der Waals surface area contributed by atoms with Crippen LogP contribution in [0.2, 0.25) is 0 Å². The van der Waals surface area contributed by atoms with Crippen LogP contribution in [-0.4, -0.2) is 29.2 Å². The molecule has 0 fully saturated rings. The van der Waals surface area contributed by atoms with Gasteiger partial charge in [0.1, 0.15) is 6.79 Å². The number of allylic oxidation sites excluding steroid dienone is 2. The summed E-state index contributed by atoms with van der Waals surface area (Å²) in [5.41, 5.74) is 0.0799. The molecule has 0 N–H and O–H groups in total. The van der Waals surface area contributed by atoms with E-state index in [2.05, 4.69) is 53.7 Å². The lowest BCUT2D eigenvalue weighted by Gasteiger charge is -2.24. The molecule has 33 heavy (non-hydrogen) atoms. The fraction of sp³-hybridized carbons (Fsp3) is 0.862. The van der Waals surface area contributed by atoms with Crippen LogP contribution in [0, 0.1) is 10.8 Å². The third-order valence-electron chi connectivity index (χ3n) is 2.96. The lowest BCUT2D eigenvalue weighted by atomic mass is 9.97. The van der Waals surface area contributed by atoms with Gasteiger partial charge in [-0.25, -0.2) is 0 Å². The number of hydrogen-bond donors (Lipinski definition) is 0. The van der Waals surface area contributed by atoms with E-state index in [4.69, 9.17) is 18.9 Å². The molecule has 200 valence electrons. The van der Waals surface area contributed by atoms with E-state index in [-0.39, 0.29) is 33.2 Å². The minimum atomic E-state index is -0.106. The molecule has 0 aliphatic rings. The van der Waals surface area contributed by atoms with Crippen LogP contribution in [0.15, 0.2) is 24.7 Å². The van der Waals surface area contributed by atoms with Crippen LogP contribution in [0.3, 0.4) is 0 Å². The Kier molecular flexibility index (Phi) is 16.0. The zero-order chi connectivity index (χ0) is 27.4. The average molecular weight is 473 g/mol. The van der Waals surface area contributed by atoms with Crippen molar-refractivity contribution in [3.8, 4) is 0 Å². The Bertz CT molecular complexity index is 481. The van der Waals surface area contributed by atoms with Gasteiger partial charge in [0.25, 0.3) is 0 Å². The Morgan fingerprint density at radius 1 is 0.394 bits per heavy atom. The summed E-state index contributed by atoms with van der Waals surface area (Å²) in [6.07, 6.45) is 7.72. The SMILES string of the molecule is CC(C)(C)/C=C\OC(C)(C)C.CC(C)(C)/C=C\OC(C)(C)C.CC(C)(C)OCOC(C)(C)C. The standard InChI is InChI=1S/2C10H20O.C9H20O2/c2*1-9(2,3)7-8-11-10(4,5)6;1-8(2,3)10-7-11-9(4,5)6/h2*7-8H,1-6H3;7H2,1-6H3/b2*8-7-;. The monoisotopic (exact) mass is 472 g/mol. The predicted octanol–water partition coefficient (Wildman–Crippen LogP) is 9.30. The maximum absolute atomic E-state index is 5.42. The summed E-state index contributed by atoms with van der Waals surface area (Å²) in [4.78, 5) is 0. The second kappa shape index (κ2) is 14.4. The van der Waals surface area contributed by atoms with Crippen molar-refractivity contribution in [3.05, 3.63) is 24.7 Å². The van der Waals surface area contributed by atoms with Gasteiger partial charge in [0.15, 0.2) is 0 Å². The van der Waals surface area contributed by atoms with Crippen molar-refractivity contribution in [2.45, 2.75) is 147 Å². The molecule has 0 saturated heterocycles. The Morgan fingerprint density at radius 3 is 0.788 bits per heavy atom.